The van der Waals surface area contributed by atoms with Crippen LogP contribution in [0.15, 0.2) is 46.2 Å². The summed E-state index contributed by atoms with van der Waals surface area (Å²) in [5.74, 6) is 0. The van der Waals surface area contributed by atoms with Crippen molar-refractivity contribution in [1.29, 1.82) is 0 Å². The number of halogens is 2. The number of aryl methyl sites for hydroxylation is 2. The molecule has 0 unspecified atom stereocenters. The molecule has 2 rings (SSSR count). The number of unbranched alkanes of at least 4 members (excludes halogenated alkanes) is 6. The van der Waals surface area contributed by atoms with Crippen molar-refractivity contribution >= 4 is 50.0 Å². The fourth-order valence-corrected chi connectivity index (χ4v) is 6.75. The van der Waals surface area contributed by atoms with Crippen molar-refractivity contribution in [2.24, 2.45) is 0 Å². The summed E-state index contributed by atoms with van der Waals surface area (Å²) in [5.41, 5.74) is 5.72. The highest BCUT2D eigenvalue weighted by Crippen LogP contribution is 2.31. The SMILES string of the molecule is CCCCCCc1ccc(SBr)c(CCOCCc2cc(CCCCCC)ccc2SBr)c1. The zero-order chi connectivity index (χ0) is 23.7. The summed E-state index contributed by atoms with van der Waals surface area (Å²) >= 11 is 7.15. The lowest BCUT2D eigenvalue weighted by atomic mass is 10.0. The van der Waals surface area contributed by atoms with E-state index in [1.165, 1.54) is 96.3 Å². The Morgan fingerprint density at radius 2 is 1.06 bits per heavy atom. The third-order valence-corrected chi connectivity index (χ3v) is 9.31. The monoisotopic (exact) mass is 614 g/mol. The lowest BCUT2D eigenvalue weighted by molar-refractivity contribution is 0.139. The third kappa shape index (κ3) is 11.6. The summed E-state index contributed by atoms with van der Waals surface area (Å²) in [4.78, 5) is 2.62. The van der Waals surface area contributed by atoms with Crippen LogP contribution in [0, 0.1) is 0 Å². The molecule has 0 radical (unpaired) electrons. The summed E-state index contributed by atoms with van der Waals surface area (Å²) in [6, 6.07) is 13.9. The van der Waals surface area contributed by atoms with Crippen molar-refractivity contribution in [3.05, 3.63) is 58.7 Å². The van der Waals surface area contributed by atoms with Gasteiger partial charge in [0.05, 0.1) is 13.2 Å². The van der Waals surface area contributed by atoms with Crippen LogP contribution in [-0.2, 0) is 30.4 Å². The maximum Gasteiger partial charge on any atom is 0.0507 e. The Morgan fingerprint density at radius 1 is 0.606 bits per heavy atom. The molecular weight excluding hydrogens is 576 g/mol. The molecular formula is C28H40Br2OS2. The Kier molecular flexibility index (Phi) is 16.3. The van der Waals surface area contributed by atoms with E-state index in [0.29, 0.717) is 0 Å². The number of hydrogen-bond donors (Lipinski definition) is 0. The number of rotatable bonds is 18. The molecule has 0 spiro atoms. The van der Waals surface area contributed by atoms with Crippen LogP contribution in [-0.4, -0.2) is 13.2 Å². The summed E-state index contributed by atoms with van der Waals surface area (Å²) in [6.07, 6.45) is 14.8. The van der Waals surface area contributed by atoms with E-state index < -0.39 is 0 Å². The molecule has 0 saturated carbocycles. The van der Waals surface area contributed by atoms with E-state index in [-0.39, 0.29) is 0 Å². The van der Waals surface area contributed by atoms with Gasteiger partial charge < -0.3 is 4.74 Å². The molecule has 0 fully saturated rings. The molecule has 33 heavy (non-hydrogen) atoms. The largest absolute Gasteiger partial charge is 0.381 e. The van der Waals surface area contributed by atoms with Crippen molar-refractivity contribution in [3.63, 3.8) is 0 Å². The second-order valence-electron chi connectivity index (χ2n) is 8.77. The predicted octanol–water partition coefficient (Wildman–Crippen LogP) is 10.5. The van der Waals surface area contributed by atoms with Gasteiger partial charge in [0.15, 0.2) is 0 Å². The quantitative estimate of drug-likeness (QED) is 0.154. The smallest absolute Gasteiger partial charge is 0.0507 e. The Hall–Kier alpha value is 0.0600. The lowest BCUT2D eigenvalue weighted by Gasteiger charge is -2.12. The van der Waals surface area contributed by atoms with Crippen molar-refractivity contribution in [2.75, 3.05) is 13.2 Å². The Balaban J connectivity index is 1.82. The van der Waals surface area contributed by atoms with Gasteiger partial charge >= 0.3 is 0 Å². The van der Waals surface area contributed by atoms with Crippen LogP contribution in [0.2, 0.25) is 0 Å². The van der Waals surface area contributed by atoms with Crippen molar-refractivity contribution in [3.8, 4) is 0 Å². The number of benzene rings is 2. The van der Waals surface area contributed by atoms with E-state index in [1.54, 1.807) is 20.4 Å². The van der Waals surface area contributed by atoms with Crippen LogP contribution in [0.4, 0.5) is 0 Å². The van der Waals surface area contributed by atoms with Crippen LogP contribution in [0.3, 0.4) is 0 Å². The van der Waals surface area contributed by atoms with Crippen LogP contribution < -0.4 is 0 Å². The molecule has 2 aromatic rings. The van der Waals surface area contributed by atoms with Gasteiger partial charge in [-0.15, -0.1) is 0 Å². The van der Waals surface area contributed by atoms with Gasteiger partial charge in [-0.3, -0.25) is 0 Å². The first-order valence-corrected chi connectivity index (χ1v) is 17.9. The number of hydrogen-bond acceptors (Lipinski definition) is 3. The van der Waals surface area contributed by atoms with Gasteiger partial charge in [-0.1, -0.05) is 76.6 Å². The van der Waals surface area contributed by atoms with Crippen molar-refractivity contribution in [1.82, 2.24) is 0 Å². The summed E-state index contributed by atoms with van der Waals surface area (Å²) in [7, 11) is 3.32. The molecule has 184 valence electrons. The van der Waals surface area contributed by atoms with E-state index in [4.69, 9.17) is 4.74 Å². The molecule has 0 aliphatic carbocycles. The van der Waals surface area contributed by atoms with Gasteiger partial charge in [0.25, 0.3) is 0 Å². The second-order valence-corrected chi connectivity index (χ2v) is 11.9. The summed E-state index contributed by atoms with van der Waals surface area (Å²) < 4.78 is 6.10. The maximum atomic E-state index is 6.10. The first-order valence-electron chi connectivity index (χ1n) is 12.6. The van der Waals surface area contributed by atoms with Crippen LogP contribution >= 0.6 is 50.0 Å². The summed E-state index contributed by atoms with van der Waals surface area (Å²) in [5, 5.41) is 0. The lowest BCUT2D eigenvalue weighted by Crippen LogP contribution is -2.05. The fraction of sp³-hybridized carbons (Fsp3) is 0.571. The van der Waals surface area contributed by atoms with Gasteiger partial charge in [-0.05, 0) is 123 Å². The highest BCUT2D eigenvalue weighted by molar-refractivity contribution is 9.50. The van der Waals surface area contributed by atoms with Crippen LogP contribution in [0.5, 0.6) is 0 Å². The van der Waals surface area contributed by atoms with Gasteiger partial charge in [0, 0.05) is 9.79 Å². The van der Waals surface area contributed by atoms with Gasteiger partial charge in [-0.2, -0.15) is 0 Å². The molecule has 1 nitrogen and oxygen atoms in total. The van der Waals surface area contributed by atoms with Crippen LogP contribution in [0.25, 0.3) is 0 Å². The average molecular weight is 617 g/mol. The minimum absolute atomic E-state index is 0.771. The van der Waals surface area contributed by atoms with E-state index in [0.717, 1.165) is 26.1 Å². The van der Waals surface area contributed by atoms with Gasteiger partial charge in [0.2, 0.25) is 0 Å². The van der Waals surface area contributed by atoms with E-state index >= 15 is 0 Å². The maximum absolute atomic E-state index is 6.10. The molecule has 0 atom stereocenters. The molecule has 0 aromatic heterocycles. The Labute approximate surface area is 226 Å². The standard InChI is InChI=1S/C28H40Br2OS2/c1-3-5-7-9-11-23-13-15-27(32-29)25(21-23)17-19-31-20-18-26-22-24(12-10-8-6-4-2)14-16-28(26)33-30/h13-16,21-22H,3-12,17-20H2,1-2H3. The molecule has 0 heterocycles. The van der Waals surface area contributed by atoms with Crippen LogP contribution in [0.1, 0.15) is 87.5 Å². The Bertz CT molecular complexity index is 732. The highest BCUT2D eigenvalue weighted by atomic mass is 79.9. The first-order chi connectivity index (χ1) is 16.2. The van der Waals surface area contributed by atoms with Crippen molar-refractivity contribution < 1.29 is 4.74 Å². The minimum atomic E-state index is 0.771. The zero-order valence-corrected chi connectivity index (χ0v) is 25.1. The molecule has 0 bridgehead atoms. The molecule has 0 saturated heterocycles. The molecule has 0 aliphatic rings. The molecule has 0 N–H and O–H groups in total. The number of ether oxygens (including phenoxy) is 1. The van der Waals surface area contributed by atoms with Gasteiger partial charge in [0.1, 0.15) is 0 Å². The normalized spacial score (nSPS) is 11.3. The highest BCUT2D eigenvalue weighted by Gasteiger charge is 2.07. The van der Waals surface area contributed by atoms with Gasteiger partial charge in [-0.25, -0.2) is 0 Å². The molecule has 2 aromatic carbocycles. The van der Waals surface area contributed by atoms with E-state index in [2.05, 4.69) is 79.9 Å². The summed E-state index contributed by atoms with van der Waals surface area (Å²) in [6.45, 7) is 6.08. The second kappa shape index (κ2) is 18.3. The zero-order valence-electron chi connectivity index (χ0n) is 20.3. The van der Waals surface area contributed by atoms with E-state index in [1.807, 2.05) is 0 Å². The Morgan fingerprint density at radius 3 is 1.45 bits per heavy atom. The minimum Gasteiger partial charge on any atom is -0.381 e. The first kappa shape index (κ1) is 29.3. The topological polar surface area (TPSA) is 9.23 Å². The predicted molar refractivity (Wildman–Crippen MR) is 156 cm³/mol. The van der Waals surface area contributed by atoms with Crippen molar-refractivity contribution in [2.45, 2.75) is 101 Å². The fourth-order valence-electron chi connectivity index (χ4n) is 4.10. The van der Waals surface area contributed by atoms with E-state index in [9.17, 15) is 0 Å². The molecule has 0 aliphatic heterocycles. The third-order valence-electron chi connectivity index (χ3n) is 6.09. The molecule has 0 amide bonds. The molecule has 5 heteroatoms. The average Bonchev–Trinajstić information content (AvgIpc) is 2.84.